The van der Waals surface area contributed by atoms with Gasteiger partial charge in [0.05, 0.1) is 6.61 Å². The fourth-order valence-electron chi connectivity index (χ4n) is 2.74. The molecule has 0 atom stereocenters. The highest BCUT2D eigenvalue weighted by Crippen LogP contribution is 2.26. The number of hydrogen-bond donors (Lipinski definition) is 2. The van der Waals surface area contributed by atoms with Crippen molar-refractivity contribution in [1.82, 2.24) is 10.6 Å². The molecule has 1 aromatic rings. The molecule has 0 fully saturated rings. The van der Waals surface area contributed by atoms with E-state index in [1.165, 1.54) is 29.7 Å². The van der Waals surface area contributed by atoms with E-state index in [0.717, 1.165) is 32.2 Å². The van der Waals surface area contributed by atoms with E-state index >= 15 is 0 Å². The maximum absolute atomic E-state index is 5.31. The van der Waals surface area contributed by atoms with Crippen LogP contribution in [0.2, 0.25) is 0 Å². The topological polar surface area (TPSA) is 48.9 Å². The van der Waals surface area contributed by atoms with Crippen molar-refractivity contribution in [1.29, 1.82) is 0 Å². The lowest BCUT2D eigenvalue weighted by atomic mass is 9.99. The third-order valence-electron chi connectivity index (χ3n) is 3.92. The second-order valence-electron chi connectivity index (χ2n) is 5.54. The molecule has 0 radical (unpaired) electrons. The first-order chi connectivity index (χ1) is 10.7. The van der Waals surface area contributed by atoms with Crippen molar-refractivity contribution in [3.05, 3.63) is 29.3 Å². The largest absolute Gasteiger partial charge is 0.380 e. The molecule has 0 aromatic heterocycles. The van der Waals surface area contributed by atoms with Gasteiger partial charge in [-0.15, -0.1) is 24.0 Å². The standard InChI is InChI=1S/C17H28N4O.HI/c1-4-22-11-9-19-17(18-2)20-13-14-7-8-16-15(12-14)6-5-10-21(16)3;/h7-8,12H,4-6,9-11,13H2,1-3H3,(H2,18,19,20);1H. The Bertz CT molecular complexity index is 507. The van der Waals surface area contributed by atoms with Gasteiger partial charge in [0, 0.05) is 46.0 Å². The Balaban J connectivity index is 0.00000264. The van der Waals surface area contributed by atoms with Gasteiger partial charge in [-0.1, -0.05) is 12.1 Å². The number of nitrogens with zero attached hydrogens (tertiary/aromatic N) is 2. The monoisotopic (exact) mass is 432 g/mol. The fraction of sp³-hybridized carbons (Fsp3) is 0.588. The minimum absolute atomic E-state index is 0. The number of nitrogens with one attached hydrogen (secondary N) is 2. The molecule has 0 saturated carbocycles. The predicted molar refractivity (Wildman–Crippen MR) is 108 cm³/mol. The van der Waals surface area contributed by atoms with Gasteiger partial charge >= 0.3 is 0 Å². The number of anilines is 1. The highest BCUT2D eigenvalue weighted by atomic mass is 127. The smallest absolute Gasteiger partial charge is 0.191 e. The molecule has 5 nitrogen and oxygen atoms in total. The Morgan fingerprint density at radius 3 is 2.91 bits per heavy atom. The van der Waals surface area contributed by atoms with Crippen LogP contribution in [0, 0.1) is 0 Å². The van der Waals surface area contributed by atoms with E-state index in [1.54, 1.807) is 7.05 Å². The number of fused-ring (bicyclic) bond motifs is 1. The van der Waals surface area contributed by atoms with Crippen LogP contribution in [0.1, 0.15) is 24.5 Å². The van der Waals surface area contributed by atoms with Crippen molar-refractivity contribution in [2.75, 3.05) is 45.3 Å². The van der Waals surface area contributed by atoms with Gasteiger partial charge in [-0.25, -0.2) is 0 Å². The number of aliphatic imine (C=N–C) groups is 1. The average Bonchev–Trinajstić information content (AvgIpc) is 2.54. The molecule has 0 spiro atoms. The van der Waals surface area contributed by atoms with E-state index in [0.29, 0.717) is 6.61 Å². The molecular formula is C17H29IN4O. The Morgan fingerprint density at radius 1 is 1.35 bits per heavy atom. The minimum Gasteiger partial charge on any atom is -0.380 e. The summed E-state index contributed by atoms with van der Waals surface area (Å²) in [4.78, 5) is 6.57. The third-order valence-corrected chi connectivity index (χ3v) is 3.92. The Morgan fingerprint density at radius 2 is 2.17 bits per heavy atom. The van der Waals surface area contributed by atoms with Gasteiger partial charge in [0.15, 0.2) is 5.96 Å². The van der Waals surface area contributed by atoms with E-state index < -0.39 is 0 Å². The summed E-state index contributed by atoms with van der Waals surface area (Å²) in [6, 6.07) is 6.74. The lowest BCUT2D eigenvalue weighted by molar-refractivity contribution is 0.152. The Kier molecular flexibility index (Phi) is 9.31. The normalized spacial score (nSPS) is 14.0. The number of aryl methyl sites for hydroxylation is 1. The summed E-state index contributed by atoms with van der Waals surface area (Å²) < 4.78 is 5.31. The van der Waals surface area contributed by atoms with E-state index in [9.17, 15) is 0 Å². The third kappa shape index (κ3) is 6.18. The van der Waals surface area contributed by atoms with Gasteiger partial charge in [0.25, 0.3) is 0 Å². The summed E-state index contributed by atoms with van der Waals surface area (Å²) in [6.07, 6.45) is 2.41. The SMILES string of the molecule is CCOCCNC(=NC)NCc1ccc2c(c1)CCCN2C.I. The van der Waals surface area contributed by atoms with E-state index in [-0.39, 0.29) is 24.0 Å². The van der Waals surface area contributed by atoms with Crippen molar-refractivity contribution >= 4 is 35.6 Å². The molecule has 0 bridgehead atoms. The molecule has 0 saturated heterocycles. The number of rotatable bonds is 6. The molecular weight excluding hydrogens is 403 g/mol. The zero-order valence-electron chi connectivity index (χ0n) is 14.4. The van der Waals surface area contributed by atoms with E-state index in [2.05, 4.69) is 45.8 Å². The quantitative estimate of drug-likeness (QED) is 0.314. The number of guanidine groups is 1. The molecule has 0 aliphatic carbocycles. The van der Waals surface area contributed by atoms with Crippen LogP contribution in [0.25, 0.3) is 0 Å². The van der Waals surface area contributed by atoms with Crippen molar-refractivity contribution in [2.45, 2.75) is 26.3 Å². The molecule has 1 aliphatic rings. The Hall–Kier alpha value is -1.02. The lowest BCUT2D eigenvalue weighted by Crippen LogP contribution is -2.38. The number of halogens is 1. The van der Waals surface area contributed by atoms with Crippen LogP contribution in [0.3, 0.4) is 0 Å². The van der Waals surface area contributed by atoms with Gasteiger partial charge in [-0.2, -0.15) is 0 Å². The number of ether oxygens (including phenoxy) is 1. The average molecular weight is 432 g/mol. The summed E-state index contributed by atoms with van der Waals surface area (Å²) in [6.45, 7) is 6.15. The maximum Gasteiger partial charge on any atom is 0.191 e. The van der Waals surface area contributed by atoms with Crippen LogP contribution >= 0.6 is 24.0 Å². The van der Waals surface area contributed by atoms with Crippen molar-refractivity contribution < 1.29 is 4.74 Å². The van der Waals surface area contributed by atoms with Gasteiger partial charge in [-0.05, 0) is 37.0 Å². The second-order valence-corrected chi connectivity index (χ2v) is 5.54. The molecule has 130 valence electrons. The van der Waals surface area contributed by atoms with Gasteiger partial charge in [0.1, 0.15) is 0 Å². The zero-order valence-corrected chi connectivity index (χ0v) is 16.7. The molecule has 1 aromatic carbocycles. The maximum atomic E-state index is 5.31. The van der Waals surface area contributed by atoms with Crippen LogP contribution in [-0.2, 0) is 17.7 Å². The molecule has 6 heteroatoms. The van der Waals surface area contributed by atoms with Crippen LogP contribution in [0.5, 0.6) is 0 Å². The minimum atomic E-state index is 0. The van der Waals surface area contributed by atoms with Crippen LogP contribution < -0.4 is 15.5 Å². The van der Waals surface area contributed by atoms with E-state index in [4.69, 9.17) is 4.74 Å². The molecule has 1 aliphatic heterocycles. The summed E-state index contributed by atoms with van der Waals surface area (Å²) in [5.74, 6) is 0.814. The zero-order chi connectivity index (χ0) is 15.8. The lowest BCUT2D eigenvalue weighted by Gasteiger charge is -2.28. The number of hydrogen-bond acceptors (Lipinski definition) is 3. The molecule has 2 N–H and O–H groups in total. The molecule has 1 heterocycles. The van der Waals surface area contributed by atoms with Crippen LogP contribution in [0.4, 0.5) is 5.69 Å². The molecule has 2 rings (SSSR count). The highest BCUT2D eigenvalue weighted by Gasteiger charge is 2.13. The summed E-state index contributed by atoms with van der Waals surface area (Å²) in [7, 11) is 3.96. The molecule has 23 heavy (non-hydrogen) atoms. The van der Waals surface area contributed by atoms with Crippen molar-refractivity contribution in [3.63, 3.8) is 0 Å². The highest BCUT2D eigenvalue weighted by molar-refractivity contribution is 14.0. The Labute approximate surface area is 156 Å². The summed E-state index contributed by atoms with van der Waals surface area (Å²) in [5, 5.41) is 6.60. The molecule has 0 amide bonds. The van der Waals surface area contributed by atoms with Gasteiger partial charge in [0.2, 0.25) is 0 Å². The first-order valence-electron chi connectivity index (χ1n) is 8.09. The van der Waals surface area contributed by atoms with E-state index in [1.807, 2.05) is 6.92 Å². The first-order valence-corrected chi connectivity index (χ1v) is 8.09. The first kappa shape index (κ1) is 20.0. The second kappa shape index (κ2) is 10.7. The number of benzene rings is 1. The summed E-state index contributed by atoms with van der Waals surface area (Å²) in [5.41, 5.74) is 4.11. The van der Waals surface area contributed by atoms with Crippen LogP contribution in [0.15, 0.2) is 23.2 Å². The fourth-order valence-corrected chi connectivity index (χ4v) is 2.74. The van der Waals surface area contributed by atoms with Gasteiger partial charge in [-0.3, -0.25) is 4.99 Å². The molecule has 0 unspecified atom stereocenters. The van der Waals surface area contributed by atoms with Crippen molar-refractivity contribution in [2.24, 2.45) is 4.99 Å². The van der Waals surface area contributed by atoms with Gasteiger partial charge < -0.3 is 20.3 Å². The predicted octanol–water partition coefficient (Wildman–Crippen LogP) is 2.39. The van der Waals surface area contributed by atoms with Crippen molar-refractivity contribution in [3.8, 4) is 0 Å². The van der Waals surface area contributed by atoms with Crippen LogP contribution in [-0.4, -0.2) is 46.4 Å². The summed E-state index contributed by atoms with van der Waals surface area (Å²) >= 11 is 0.